The van der Waals surface area contributed by atoms with Gasteiger partial charge in [-0.2, -0.15) is 0 Å². The number of carbonyl (C=O) groups excluding carboxylic acids is 1. The van der Waals surface area contributed by atoms with E-state index in [1.54, 1.807) is 0 Å². The van der Waals surface area contributed by atoms with Crippen molar-refractivity contribution in [3.63, 3.8) is 0 Å². The number of amides is 1. The van der Waals surface area contributed by atoms with Crippen molar-refractivity contribution in [3.8, 4) is 0 Å². The van der Waals surface area contributed by atoms with Crippen molar-refractivity contribution in [2.75, 3.05) is 19.6 Å². The molecule has 1 amide bonds. The molecule has 0 radical (unpaired) electrons. The fourth-order valence-corrected chi connectivity index (χ4v) is 3.87. The second-order valence-electron chi connectivity index (χ2n) is 6.19. The Morgan fingerprint density at radius 1 is 1.06 bits per heavy atom. The van der Waals surface area contributed by atoms with E-state index in [0.29, 0.717) is 11.8 Å². The Hall–Kier alpha value is -0.610. The number of rotatable bonds is 1. The summed E-state index contributed by atoms with van der Waals surface area (Å²) in [5.41, 5.74) is 0. The maximum Gasteiger partial charge on any atom is 0.239 e. The van der Waals surface area contributed by atoms with Gasteiger partial charge in [0, 0.05) is 24.9 Å². The number of nitrogens with one attached hydrogen (secondary N) is 1. The lowest BCUT2D eigenvalue weighted by Gasteiger charge is -2.46. The molecule has 1 aliphatic carbocycles. The van der Waals surface area contributed by atoms with Crippen LogP contribution in [-0.2, 0) is 4.79 Å². The molecule has 2 aliphatic heterocycles. The minimum Gasteiger partial charge on any atom is -0.392 e. The molecule has 2 N–H and O–H groups in total. The van der Waals surface area contributed by atoms with Gasteiger partial charge in [0.2, 0.25) is 5.91 Å². The Bertz CT molecular complexity index is 301. The van der Waals surface area contributed by atoms with Gasteiger partial charge in [-0.1, -0.05) is 12.8 Å². The van der Waals surface area contributed by atoms with Gasteiger partial charge in [-0.3, -0.25) is 4.79 Å². The molecule has 4 nitrogen and oxygen atoms in total. The SMILES string of the molecule is O=C([C@@H]1CCCCN1)N1C[C@H]2CCC[C@@H](C1)C2O. The van der Waals surface area contributed by atoms with Crippen molar-refractivity contribution >= 4 is 5.91 Å². The fraction of sp³-hybridized carbons (Fsp3) is 0.929. The summed E-state index contributed by atoms with van der Waals surface area (Å²) in [5, 5.41) is 13.5. The molecule has 4 heteroatoms. The summed E-state index contributed by atoms with van der Waals surface area (Å²) in [7, 11) is 0. The molecular formula is C14H24N2O2. The maximum absolute atomic E-state index is 12.5. The molecule has 3 fully saturated rings. The van der Waals surface area contributed by atoms with E-state index in [1.165, 1.54) is 12.8 Å². The lowest BCUT2D eigenvalue weighted by atomic mass is 9.75. The normalized spacial score (nSPS) is 40.6. The van der Waals surface area contributed by atoms with Crippen LogP contribution in [0.15, 0.2) is 0 Å². The van der Waals surface area contributed by atoms with Crippen LogP contribution in [-0.4, -0.2) is 47.7 Å². The molecule has 0 aromatic heterocycles. The van der Waals surface area contributed by atoms with Crippen LogP contribution in [0.2, 0.25) is 0 Å². The summed E-state index contributed by atoms with van der Waals surface area (Å²) in [6.07, 6.45) is 6.55. The first-order chi connectivity index (χ1) is 8.75. The Morgan fingerprint density at radius 2 is 1.78 bits per heavy atom. The van der Waals surface area contributed by atoms with Crippen LogP contribution in [0, 0.1) is 11.8 Å². The highest BCUT2D eigenvalue weighted by Gasteiger charge is 2.41. The van der Waals surface area contributed by atoms with Crippen LogP contribution in [0.3, 0.4) is 0 Å². The number of aliphatic hydroxyl groups is 1. The van der Waals surface area contributed by atoms with E-state index in [2.05, 4.69) is 5.32 Å². The van der Waals surface area contributed by atoms with Crippen molar-refractivity contribution in [2.45, 2.75) is 50.7 Å². The molecule has 0 spiro atoms. The lowest BCUT2D eigenvalue weighted by Crippen LogP contribution is -2.57. The number of nitrogens with zero attached hydrogens (tertiary/aromatic N) is 1. The van der Waals surface area contributed by atoms with Gasteiger partial charge < -0.3 is 15.3 Å². The van der Waals surface area contributed by atoms with Gasteiger partial charge in [-0.05, 0) is 32.2 Å². The molecule has 18 heavy (non-hydrogen) atoms. The predicted octanol–water partition coefficient (Wildman–Crippen LogP) is 0.748. The van der Waals surface area contributed by atoms with Crippen molar-refractivity contribution in [2.24, 2.45) is 11.8 Å². The predicted molar refractivity (Wildman–Crippen MR) is 69.1 cm³/mol. The smallest absolute Gasteiger partial charge is 0.239 e. The van der Waals surface area contributed by atoms with E-state index in [1.807, 2.05) is 4.90 Å². The van der Waals surface area contributed by atoms with Gasteiger partial charge in [0.1, 0.15) is 0 Å². The van der Waals surface area contributed by atoms with Crippen LogP contribution in [0.25, 0.3) is 0 Å². The summed E-state index contributed by atoms with van der Waals surface area (Å²) < 4.78 is 0. The van der Waals surface area contributed by atoms with Gasteiger partial charge in [0.05, 0.1) is 12.1 Å². The number of hydrogen-bond acceptors (Lipinski definition) is 3. The quantitative estimate of drug-likeness (QED) is 0.724. The lowest BCUT2D eigenvalue weighted by molar-refractivity contribution is -0.142. The number of piperidine rings is 2. The first kappa shape index (κ1) is 12.4. The van der Waals surface area contributed by atoms with Crippen LogP contribution in [0.4, 0.5) is 0 Å². The third kappa shape index (κ3) is 2.28. The zero-order valence-corrected chi connectivity index (χ0v) is 11.0. The Labute approximate surface area is 109 Å². The van der Waals surface area contributed by atoms with Crippen molar-refractivity contribution in [1.82, 2.24) is 10.2 Å². The Morgan fingerprint density at radius 3 is 2.39 bits per heavy atom. The number of carbonyl (C=O) groups is 1. The highest BCUT2D eigenvalue weighted by molar-refractivity contribution is 5.82. The summed E-state index contributed by atoms with van der Waals surface area (Å²) in [5.74, 6) is 0.925. The van der Waals surface area contributed by atoms with E-state index in [4.69, 9.17) is 0 Å². The van der Waals surface area contributed by atoms with Crippen LogP contribution in [0.1, 0.15) is 38.5 Å². The Balaban J connectivity index is 1.64. The van der Waals surface area contributed by atoms with Gasteiger partial charge in [-0.25, -0.2) is 0 Å². The van der Waals surface area contributed by atoms with Gasteiger partial charge in [-0.15, -0.1) is 0 Å². The minimum absolute atomic E-state index is 0.0368. The van der Waals surface area contributed by atoms with E-state index < -0.39 is 0 Å². The molecule has 2 bridgehead atoms. The summed E-state index contributed by atoms with van der Waals surface area (Å²) >= 11 is 0. The maximum atomic E-state index is 12.5. The second-order valence-corrected chi connectivity index (χ2v) is 6.19. The number of fused-ring (bicyclic) bond motifs is 2. The molecule has 0 aromatic rings. The summed E-state index contributed by atoms with van der Waals surface area (Å²) in [6, 6.07) is 0.0368. The molecular weight excluding hydrogens is 228 g/mol. The largest absolute Gasteiger partial charge is 0.392 e. The molecule has 3 rings (SSSR count). The molecule has 2 heterocycles. The topological polar surface area (TPSA) is 52.6 Å². The standard InChI is InChI=1S/C14H24N2O2/c17-13-10-4-3-5-11(13)9-16(8-10)14(18)12-6-1-2-7-15-12/h10-13,15,17H,1-9H2/t10-,11+,12-,13?/m0/s1. The highest BCUT2D eigenvalue weighted by Crippen LogP contribution is 2.35. The average molecular weight is 252 g/mol. The van der Waals surface area contributed by atoms with Crippen LogP contribution >= 0.6 is 0 Å². The molecule has 3 aliphatic rings. The molecule has 102 valence electrons. The molecule has 4 atom stereocenters. The third-order valence-corrected chi connectivity index (χ3v) is 4.95. The molecule has 1 saturated carbocycles. The minimum atomic E-state index is -0.165. The zero-order chi connectivity index (χ0) is 12.5. The first-order valence-electron chi connectivity index (χ1n) is 7.46. The Kier molecular flexibility index (Phi) is 3.57. The first-order valence-corrected chi connectivity index (χ1v) is 7.46. The van der Waals surface area contributed by atoms with Crippen molar-refractivity contribution < 1.29 is 9.90 Å². The van der Waals surface area contributed by atoms with E-state index >= 15 is 0 Å². The monoisotopic (exact) mass is 252 g/mol. The number of aliphatic hydroxyl groups excluding tert-OH is 1. The van der Waals surface area contributed by atoms with Gasteiger partial charge >= 0.3 is 0 Å². The van der Waals surface area contributed by atoms with E-state index in [9.17, 15) is 9.90 Å². The number of likely N-dealkylation sites (tertiary alicyclic amines) is 1. The molecule has 1 unspecified atom stereocenters. The molecule has 0 aromatic carbocycles. The average Bonchev–Trinajstić information content (AvgIpc) is 2.38. The summed E-state index contributed by atoms with van der Waals surface area (Å²) in [6.45, 7) is 2.52. The van der Waals surface area contributed by atoms with Crippen LogP contribution in [0.5, 0.6) is 0 Å². The van der Waals surface area contributed by atoms with E-state index in [-0.39, 0.29) is 18.1 Å². The zero-order valence-electron chi connectivity index (χ0n) is 11.0. The number of hydrogen-bond donors (Lipinski definition) is 2. The second kappa shape index (κ2) is 5.17. The van der Waals surface area contributed by atoms with E-state index in [0.717, 1.165) is 45.3 Å². The van der Waals surface area contributed by atoms with Gasteiger partial charge in [0.15, 0.2) is 0 Å². The van der Waals surface area contributed by atoms with Gasteiger partial charge in [0.25, 0.3) is 0 Å². The summed E-state index contributed by atoms with van der Waals surface area (Å²) in [4.78, 5) is 14.5. The van der Waals surface area contributed by atoms with Crippen LogP contribution < -0.4 is 5.32 Å². The highest BCUT2D eigenvalue weighted by atomic mass is 16.3. The fourth-order valence-electron chi connectivity index (χ4n) is 3.87. The molecule has 2 saturated heterocycles. The van der Waals surface area contributed by atoms with Crippen molar-refractivity contribution in [3.05, 3.63) is 0 Å². The van der Waals surface area contributed by atoms with Crippen molar-refractivity contribution in [1.29, 1.82) is 0 Å². The third-order valence-electron chi connectivity index (χ3n) is 4.95.